The number of benzene rings is 6. The van der Waals surface area contributed by atoms with Crippen molar-refractivity contribution in [1.82, 2.24) is 0 Å². The van der Waals surface area contributed by atoms with Gasteiger partial charge in [-0.25, -0.2) is 0 Å². The molecule has 0 amide bonds. The largest absolute Gasteiger partial charge is 0.0622 e. The third kappa shape index (κ3) is 2.99. The molecule has 0 nitrogen and oxygen atoms in total. The lowest BCUT2D eigenvalue weighted by molar-refractivity contribution is 0.591. The Hall–Kier alpha value is -3.64. The monoisotopic (exact) mass is 410 g/mol. The summed E-state index contributed by atoms with van der Waals surface area (Å²) in [5.74, 6) is 0. The van der Waals surface area contributed by atoms with E-state index in [1.165, 1.54) is 60.1 Å². The van der Waals surface area contributed by atoms with Crippen LogP contribution < -0.4 is 0 Å². The maximum atomic E-state index is 2.38. The molecule has 32 heavy (non-hydrogen) atoms. The molecule has 0 fully saturated rings. The van der Waals surface area contributed by atoms with Gasteiger partial charge >= 0.3 is 0 Å². The molecule has 6 rings (SSSR count). The molecule has 0 atom stereocenters. The first-order valence-electron chi connectivity index (χ1n) is 11.4. The van der Waals surface area contributed by atoms with Gasteiger partial charge in [0.25, 0.3) is 0 Å². The van der Waals surface area contributed by atoms with E-state index in [1.54, 1.807) is 0 Å². The predicted octanol–water partition coefficient (Wildman–Crippen LogP) is 9.22. The van der Waals surface area contributed by atoms with E-state index in [-0.39, 0.29) is 5.41 Å². The summed E-state index contributed by atoms with van der Waals surface area (Å²) < 4.78 is 0. The zero-order chi connectivity index (χ0) is 21.9. The molecule has 0 aliphatic carbocycles. The fraction of sp³-hybridized carbons (Fsp3) is 0.125. The molecule has 0 aromatic heterocycles. The lowest BCUT2D eigenvalue weighted by Crippen LogP contribution is -2.10. The second-order valence-corrected chi connectivity index (χ2v) is 9.88. The summed E-state index contributed by atoms with van der Waals surface area (Å²) in [7, 11) is 0. The molecule has 0 heterocycles. The number of hydrogen-bond acceptors (Lipinski definition) is 0. The Balaban J connectivity index is 1.56. The fourth-order valence-electron chi connectivity index (χ4n) is 4.98. The van der Waals surface area contributed by atoms with E-state index in [1.807, 2.05) is 0 Å². The van der Waals surface area contributed by atoms with Crippen LogP contribution in [-0.4, -0.2) is 0 Å². The van der Waals surface area contributed by atoms with Crippen molar-refractivity contribution < 1.29 is 0 Å². The van der Waals surface area contributed by atoms with E-state index in [0.29, 0.717) is 0 Å². The molecule has 0 radical (unpaired) electrons. The van der Waals surface area contributed by atoms with Crippen LogP contribution in [0.2, 0.25) is 0 Å². The van der Waals surface area contributed by atoms with Gasteiger partial charge in [-0.2, -0.15) is 0 Å². The zero-order valence-corrected chi connectivity index (χ0v) is 18.8. The second-order valence-electron chi connectivity index (χ2n) is 9.88. The molecule has 6 aromatic carbocycles. The van der Waals surface area contributed by atoms with Gasteiger partial charge in [0.2, 0.25) is 0 Å². The Morgan fingerprint density at radius 3 is 1.72 bits per heavy atom. The van der Waals surface area contributed by atoms with Crippen LogP contribution in [0.15, 0.2) is 103 Å². The molecule has 154 valence electrons. The van der Waals surface area contributed by atoms with Crippen molar-refractivity contribution in [3.05, 3.63) is 109 Å². The van der Waals surface area contributed by atoms with E-state index in [4.69, 9.17) is 0 Å². The van der Waals surface area contributed by atoms with E-state index in [9.17, 15) is 0 Å². The van der Waals surface area contributed by atoms with Crippen LogP contribution in [0.1, 0.15) is 26.3 Å². The standard InChI is InChI=1S/C32H26/c1-32(2,3)27-19-25-14-13-24-15-17-28(29-18-16-26(20-27)30(25)31(24)29)23-11-9-22(10-12-23)21-7-5-4-6-8-21/h4-20H,1-3H3. The Labute approximate surface area is 189 Å². The molecule has 0 N–H and O–H groups in total. The van der Waals surface area contributed by atoms with Crippen LogP contribution in [0.5, 0.6) is 0 Å². The van der Waals surface area contributed by atoms with E-state index >= 15 is 0 Å². The molecule has 0 saturated heterocycles. The number of hydrogen-bond donors (Lipinski definition) is 0. The summed E-state index contributed by atoms with van der Waals surface area (Å²) in [6.45, 7) is 6.87. The molecule has 0 saturated carbocycles. The van der Waals surface area contributed by atoms with Crippen LogP contribution in [0.4, 0.5) is 0 Å². The van der Waals surface area contributed by atoms with Gasteiger partial charge in [0.15, 0.2) is 0 Å². The highest BCUT2D eigenvalue weighted by Crippen LogP contribution is 2.41. The van der Waals surface area contributed by atoms with Crippen LogP contribution in [0.25, 0.3) is 54.6 Å². The summed E-state index contributed by atoms with van der Waals surface area (Å²) in [6.07, 6.45) is 0. The third-order valence-corrected chi connectivity index (χ3v) is 6.77. The van der Waals surface area contributed by atoms with Crippen molar-refractivity contribution in [3.63, 3.8) is 0 Å². The maximum Gasteiger partial charge on any atom is -0.00206 e. The summed E-state index contributed by atoms with van der Waals surface area (Å²) >= 11 is 0. The highest BCUT2D eigenvalue weighted by molar-refractivity contribution is 6.25. The average molecular weight is 411 g/mol. The molecule has 0 spiro atoms. The van der Waals surface area contributed by atoms with Gasteiger partial charge < -0.3 is 0 Å². The van der Waals surface area contributed by atoms with Crippen molar-refractivity contribution in [1.29, 1.82) is 0 Å². The predicted molar refractivity (Wildman–Crippen MR) is 140 cm³/mol. The number of rotatable bonds is 2. The highest BCUT2D eigenvalue weighted by atomic mass is 14.2. The molecule has 0 unspecified atom stereocenters. The summed E-state index contributed by atoms with van der Waals surface area (Å²) in [6, 6.07) is 38.1. The lowest BCUT2D eigenvalue weighted by atomic mass is 9.83. The van der Waals surface area contributed by atoms with E-state index in [0.717, 1.165) is 0 Å². The molecular formula is C32H26. The quantitative estimate of drug-likeness (QED) is 0.250. The Morgan fingerprint density at radius 2 is 1.03 bits per heavy atom. The van der Waals surface area contributed by atoms with Crippen LogP contribution in [-0.2, 0) is 5.41 Å². The molecule has 0 heteroatoms. The first kappa shape index (κ1) is 19.1. The minimum atomic E-state index is 0.135. The molecule has 0 bridgehead atoms. The first-order chi connectivity index (χ1) is 15.5. The van der Waals surface area contributed by atoms with Crippen molar-refractivity contribution in [2.75, 3.05) is 0 Å². The van der Waals surface area contributed by atoms with Crippen molar-refractivity contribution in [2.24, 2.45) is 0 Å². The van der Waals surface area contributed by atoms with Gasteiger partial charge in [-0.1, -0.05) is 124 Å². The summed E-state index contributed by atoms with van der Waals surface area (Å²) in [4.78, 5) is 0. The topological polar surface area (TPSA) is 0 Å². The average Bonchev–Trinajstić information content (AvgIpc) is 2.82. The summed E-state index contributed by atoms with van der Waals surface area (Å²) in [5.41, 5.74) is 6.59. The second kappa shape index (κ2) is 6.93. The lowest BCUT2D eigenvalue weighted by Gasteiger charge is -2.22. The normalized spacial score (nSPS) is 12.2. The van der Waals surface area contributed by atoms with Crippen molar-refractivity contribution in [3.8, 4) is 22.3 Å². The van der Waals surface area contributed by atoms with Crippen LogP contribution >= 0.6 is 0 Å². The van der Waals surface area contributed by atoms with E-state index in [2.05, 4.69) is 124 Å². The maximum absolute atomic E-state index is 2.38. The summed E-state index contributed by atoms with van der Waals surface area (Å²) in [5, 5.41) is 8.08. The van der Waals surface area contributed by atoms with Crippen LogP contribution in [0.3, 0.4) is 0 Å². The Kier molecular flexibility index (Phi) is 4.13. The van der Waals surface area contributed by atoms with Gasteiger partial charge in [-0.15, -0.1) is 0 Å². The van der Waals surface area contributed by atoms with Gasteiger partial charge in [0.1, 0.15) is 0 Å². The minimum absolute atomic E-state index is 0.135. The molecule has 6 aromatic rings. The van der Waals surface area contributed by atoms with Gasteiger partial charge in [0.05, 0.1) is 0 Å². The molecular weight excluding hydrogens is 384 g/mol. The minimum Gasteiger partial charge on any atom is -0.0622 e. The molecule has 0 aliphatic heterocycles. The fourth-order valence-corrected chi connectivity index (χ4v) is 4.98. The Morgan fingerprint density at radius 1 is 0.469 bits per heavy atom. The SMILES string of the molecule is CC(C)(C)c1cc2ccc3ccc(-c4ccc(-c5ccccc5)cc4)c4ccc(c1)c2c34. The smallest absolute Gasteiger partial charge is 0.00206 e. The van der Waals surface area contributed by atoms with Crippen molar-refractivity contribution in [2.45, 2.75) is 26.2 Å². The van der Waals surface area contributed by atoms with Crippen LogP contribution in [0, 0.1) is 0 Å². The van der Waals surface area contributed by atoms with Gasteiger partial charge in [-0.05, 0) is 65.5 Å². The zero-order valence-electron chi connectivity index (χ0n) is 18.8. The van der Waals surface area contributed by atoms with E-state index < -0.39 is 0 Å². The van der Waals surface area contributed by atoms with Gasteiger partial charge in [-0.3, -0.25) is 0 Å². The third-order valence-electron chi connectivity index (χ3n) is 6.77. The Bertz CT molecular complexity index is 1540. The van der Waals surface area contributed by atoms with Crippen molar-refractivity contribution >= 4 is 32.3 Å². The van der Waals surface area contributed by atoms with Gasteiger partial charge in [0, 0.05) is 0 Å². The highest BCUT2D eigenvalue weighted by Gasteiger charge is 2.18. The molecule has 0 aliphatic rings. The first-order valence-corrected chi connectivity index (χ1v) is 11.4.